The average Bonchev–Trinajstić information content (AvgIpc) is 1.96. The predicted molar refractivity (Wildman–Crippen MR) is 75.2 cm³/mol. The average molecular weight is 241 g/mol. The first kappa shape index (κ1) is 16.6. The summed E-state index contributed by atoms with van der Waals surface area (Å²) in [6.07, 6.45) is 3.05. The van der Waals surface area contributed by atoms with Crippen LogP contribution in [0.2, 0.25) is 0 Å². The first-order chi connectivity index (χ1) is 7.37. The summed E-state index contributed by atoms with van der Waals surface area (Å²) in [5.41, 5.74) is 0.192. The van der Waals surface area contributed by atoms with Crippen LogP contribution in [0.3, 0.4) is 0 Å². The van der Waals surface area contributed by atoms with E-state index in [9.17, 15) is 4.79 Å². The first-order valence-corrected chi connectivity index (χ1v) is 6.61. The Morgan fingerprint density at radius 3 is 1.88 bits per heavy atom. The molecule has 0 spiro atoms. The molecule has 0 aromatic heterocycles. The van der Waals surface area contributed by atoms with Gasteiger partial charge in [-0.05, 0) is 39.0 Å². The van der Waals surface area contributed by atoms with Crippen molar-refractivity contribution in [2.75, 3.05) is 0 Å². The highest BCUT2D eigenvalue weighted by molar-refractivity contribution is 5.57. The molecular weight excluding hydrogens is 210 g/mol. The molecule has 0 aliphatic carbocycles. The standard InChI is InChI=1S/C15H31NO/c1-12(9-14(5,6)11-17)16-15(7,8)10-13(2,3)4/h11-12,16H,9-10H2,1-8H3. The van der Waals surface area contributed by atoms with Gasteiger partial charge < -0.3 is 10.1 Å². The zero-order chi connectivity index (χ0) is 13.9. The van der Waals surface area contributed by atoms with Crippen molar-refractivity contribution in [1.82, 2.24) is 5.32 Å². The van der Waals surface area contributed by atoms with E-state index in [-0.39, 0.29) is 11.0 Å². The molecule has 0 fully saturated rings. The zero-order valence-electron chi connectivity index (χ0n) is 13.0. The van der Waals surface area contributed by atoms with Crippen molar-refractivity contribution in [2.45, 2.75) is 79.8 Å². The van der Waals surface area contributed by atoms with E-state index < -0.39 is 0 Å². The van der Waals surface area contributed by atoms with Crippen LogP contribution in [-0.4, -0.2) is 17.9 Å². The van der Waals surface area contributed by atoms with Crippen molar-refractivity contribution in [2.24, 2.45) is 10.8 Å². The third-order valence-electron chi connectivity index (χ3n) is 2.76. The molecule has 17 heavy (non-hydrogen) atoms. The summed E-state index contributed by atoms with van der Waals surface area (Å²) >= 11 is 0. The van der Waals surface area contributed by atoms with Gasteiger partial charge in [0.15, 0.2) is 0 Å². The maximum absolute atomic E-state index is 10.9. The topological polar surface area (TPSA) is 29.1 Å². The summed E-state index contributed by atoms with van der Waals surface area (Å²) in [5, 5.41) is 3.64. The van der Waals surface area contributed by atoms with E-state index >= 15 is 0 Å². The van der Waals surface area contributed by atoms with Gasteiger partial charge in [-0.1, -0.05) is 34.6 Å². The third-order valence-corrected chi connectivity index (χ3v) is 2.76. The van der Waals surface area contributed by atoms with Gasteiger partial charge in [0.25, 0.3) is 0 Å². The second kappa shape index (κ2) is 5.51. The summed E-state index contributed by atoms with van der Waals surface area (Å²) in [7, 11) is 0. The van der Waals surface area contributed by atoms with E-state index in [4.69, 9.17) is 0 Å². The molecule has 0 bridgehead atoms. The lowest BCUT2D eigenvalue weighted by atomic mass is 9.80. The zero-order valence-corrected chi connectivity index (χ0v) is 13.0. The lowest BCUT2D eigenvalue weighted by Crippen LogP contribution is -2.48. The maximum atomic E-state index is 10.9. The van der Waals surface area contributed by atoms with E-state index in [0.29, 0.717) is 11.5 Å². The monoisotopic (exact) mass is 241 g/mol. The molecule has 0 aliphatic heterocycles. The number of carbonyl (C=O) groups is 1. The predicted octanol–water partition coefficient (Wildman–Crippen LogP) is 3.79. The number of rotatable bonds is 6. The highest BCUT2D eigenvalue weighted by Gasteiger charge is 2.28. The normalized spacial score (nSPS) is 15.8. The van der Waals surface area contributed by atoms with Crippen LogP contribution >= 0.6 is 0 Å². The summed E-state index contributed by atoms with van der Waals surface area (Å²) in [4.78, 5) is 10.9. The van der Waals surface area contributed by atoms with E-state index in [1.54, 1.807) is 0 Å². The van der Waals surface area contributed by atoms with Crippen molar-refractivity contribution < 1.29 is 4.79 Å². The van der Waals surface area contributed by atoms with E-state index in [1.807, 2.05) is 13.8 Å². The molecule has 0 aromatic rings. The Hall–Kier alpha value is -0.370. The summed E-state index contributed by atoms with van der Waals surface area (Å²) in [6, 6.07) is 0.354. The van der Waals surface area contributed by atoms with Gasteiger partial charge in [0.2, 0.25) is 0 Å². The van der Waals surface area contributed by atoms with Crippen molar-refractivity contribution in [1.29, 1.82) is 0 Å². The lowest BCUT2D eigenvalue weighted by Gasteiger charge is -2.37. The van der Waals surface area contributed by atoms with Crippen molar-refractivity contribution in [3.05, 3.63) is 0 Å². The Balaban J connectivity index is 4.37. The van der Waals surface area contributed by atoms with Gasteiger partial charge in [0.05, 0.1) is 0 Å². The quantitative estimate of drug-likeness (QED) is 0.717. The molecule has 0 heterocycles. The SMILES string of the molecule is CC(CC(C)(C)C=O)NC(C)(C)CC(C)(C)C. The van der Waals surface area contributed by atoms with Crippen molar-refractivity contribution in [3.8, 4) is 0 Å². The fraction of sp³-hybridized carbons (Fsp3) is 0.933. The number of carbonyl (C=O) groups excluding carboxylic acids is 1. The van der Waals surface area contributed by atoms with Gasteiger partial charge in [-0.25, -0.2) is 0 Å². The van der Waals surface area contributed by atoms with Crippen LogP contribution in [0.1, 0.15) is 68.2 Å². The Bertz CT molecular complexity index is 248. The molecule has 2 heteroatoms. The highest BCUT2D eigenvalue weighted by atomic mass is 16.1. The van der Waals surface area contributed by atoms with Crippen LogP contribution < -0.4 is 5.32 Å². The van der Waals surface area contributed by atoms with Gasteiger partial charge in [-0.3, -0.25) is 0 Å². The number of hydrogen-bond donors (Lipinski definition) is 1. The van der Waals surface area contributed by atoms with Crippen molar-refractivity contribution in [3.63, 3.8) is 0 Å². The van der Waals surface area contributed by atoms with Gasteiger partial charge in [0, 0.05) is 17.0 Å². The fourth-order valence-corrected chi connectivity index (χ4v) is 2.93. The molecule has 0 aromatic carbocycles. The molecule has 0 amide bonds. The van der Waals surface area contributed by atoms with Gasteiger partial charge in [-0.2, -0.15) is 0 Å². The molecular formula is C15H31NO. The second-order valence-electron chi connectivity index (χ2n) is 7.98. The molecule has 1 N–H and O–H groups in total. The largest absolute Gasteiger partial charge is 0.309 e. The second-order valence-corrected chi connectivity index (χ2v) is 7.98. The summed E-state index contributed by atoms with van der Waals surface area (Å²) in [6.45, 7) is 17.4. The van der Waals surface area contributed by atoms with E-state index in [2.05, 4.69) is 46.9 Å². The summed E-state index contributed by atoms with van der Waals surface area (Å²) < 4.78 is 0. The van der Waals surface area contributed by atoms with Gasteiger partial charge in [0.1, 0.15) is 6.29 Å². The van der Waals surface area contributed by atoms with Crippen LogP contribution in [0.15, 0.2) is 0 Å². The molecule has 0 saturated heterocycles. The van der Waals surface area contributed by atoms with E-state index in [0.717, 1.165) is 19.1 Å². The molecule has 2 nitrogen and oxygen atoms in total. The Morgan fingerprint density at radius 2 is 1.53 bits per heavy atom. The van der Waals surface area contributed by atoms with Crippen LogP contribution in [0.25, 0.3) is 0 Å². The fourth-order valence-electron chi connectivity index (χ4n) is 2.93. The third kappa shape index (κ3) is 8.37. The number of hydrogen-bond acceptors (Lipinski definition) is 2. The lowest BCUT2D eigenvalue weighted by molar-refractivity contribution is -0.115. The van der Waals surface area contributed by atoms with Crippen LogP contribution in [0.4, 0.5) is 0 Å². The minimum atomic E-state index is -0.232. The molecule has 0 saturated carbocycles. The Kier molecular flexibility index (Phi) is 5.39. The van der Waals surface area contributed by atoms with Crippen LogP contribution in [-0.2, 0) is 4.79 Å². The highest BCUT2D eigenvalue weighted by Crippen LogP contribution is 2.28. The molecule has 1 unspecified atom stereocenters. The minimum Gasteiger partial charge on any atom is -0.309 e. The number of nitrogens with one attached hydrogen (secondary N) is 1. The molecule has 0 rings (SSSR count). The summed E-state index contributed by atoms with van der Waals surface area (Å²) in [5.74, 6) is 0. The van der Waals surface area contributed by atoms with Crippen molar-refractivity contribution >= 4 is 6.29 Å². The Labute approximate surface area is 108 Å². The molecule has 0 aliphatic rings. The molecule has 0 radical (unpaired) electrons. The van der Waals surface area contributed by atoms with Crippen LogP contribution in [0, 0.1) is 10.8 Å². The minimum absolute atomic E-state index is 0.108. The van der Waals surface area contributed by atoms with E-state index in [1.165, 1.54) is 0 Å². The molecule has 1 atom stereocenters. The van der Waals surface area contributed by atoms with Crippen LogP contribution in [0.5, 0.6) is 0 Å². The maximum Gasteiger partial charge on any atom is 0.125 e. The smallest absolute Gasteiger partial charge is 0.125 e. The Morgan fingerprint density at radius 1 is 1.06 bits per heavy atom. The number of aldehydes is 1. The van der Waals surface area contributed by atoms with Gasteiger partial charge >= 0.3 is 0 Å². The first-order valence-electron chi connectivity index (χ1n) is 6.61. The van der Waals surface area contributed by atoms with Gasteiger partial charge in [-0.15, -0.1) is 0 Å². The molecule has 102 valence electrons.